The topological polar surface area (TPSA) is 135 Å². The van der Waals surface area contributed by atoms with Crippen molar-refractivity contribution in [1.29, 1.82) is 5.26 Å². The number of methoxy groups -OCH3 is 2. The number of anilines is 1. The Morgan fingerprint density at radius 1 is 1.05 bits per heavy atom. The molecule has 0 aromatic heterocycles. The quantitative estimate of drug-likeness (QED) is 0.365. The van der Waals surface area contributed by atoms with Gasteiger partial charge in [0.05, 0.1) is 59.6 Å². The summed E-state index contributed by atoms with van der Waals surface area (Å²) in [6, 6.07) is 13.4. The maximum Gasteiger partial charge on any atom is 0.355 e. The monoisotopic (exact) mass is 570 g/mol. The van der Waals surface area contributed by atoms with E-state index in [4.69, 9.17) is 38.4 Å². The fourth-order valence-corrected chi connectivity index (χ4v) is 4.79. The molecule has 0 spiro atoms. The smallest absolute Gasteiger partial charge is 0.355 e. The second-order valence-electron chi connectivity index (χ2n) is 9.65. The molecular weight excluding hydrogens is 543 g/mol. The minimum absolute atomic E-state index is 0.0165. The molecule has 9 nitrogen and oxygen atoms in total. The summed E-state index contributed by atoms with van der Waals surface area (Å²) in [4.78, 5) is 40.4. The molecule has 0 amide bonds. The summed E-state index contributed by atoms with van der Waals surface area (Å²) in [5, 5.41) is 13.2. The van der Waals surface area contributed by atoms with Crippen LogP contribution in [0.3, 0.4) is 0 Å². The Morgan fingerprint density at radius 2 is 1.62 bits per heavy atom. The average Bonchev–Trinajstić information content (AvgIpc) is 2.90. The lowest BCUT2D eigenvalue weighted by molar-refractivity contribution is -0.139. The highest BCUT2D eigenvalue weighted by Crippen LogP contribution is 2.47. The van der Waals surface area contributed by atoms with E-state index in [-0.39, 0.29) is 61.8 Å². The first-order chi connectivity index (χ1) is 18.4. The minimum Gasteiger partial charge on any atom is -0.466 e. The first-order valence-electron chi connectivity index (χ1n) is 11.8. The number of ether oxygens (including phenoxy) is 2. The second-order valence-corrected chi connectivity index (χ2v) is 10.5. The molecule has 204 valence electrons. The van der Waals surface area contributed by atoms with Crippen LogP contribution < -0.4 is 16.0 Å². The summed E-state index contributed by atoms with van der Waals surface area (Å²) >= 11 is 13.3. The van der Waals surface area contributed by atoms with E-state index in [0.717, 1.165) is 19.1 Å². The number of esters is 2. The molecule has 0 saturated carbocycles. The first kappa shape index (κ1) is 29.7. The highest BCUT2D eigenvalue weighted by atomic mass is 35.5. The van der Waals surface area contributed by atoms with Crippen LogP contribution in [-0.4, -0.2) is 44.0 Å². The minimum atomic E-state index is -1.05. The lowest BCUT2D eigenvalue weighted by Gasteiger charge is -2.36. The van der Waals surface area contributed by atoms with Gasteiger partial charge in [0.2, 0.25) is 0 Å². The van der Waals surface area contributed by atoms with Crippen LogP contribution in [-0.2, 0) is 19.1 Å². The van der Waals surface area contributed by atoms with Crippen LogP contribution >= 0.6 is 23.2 Å². The Labute approximate surface area is 236 Å². The van der Waals surface area contributed by atoms with Gasteiger partial charge < -0.3 is 20.5 Å². The highest BCUT2D eigenvalue weighted by Gasteiger charge is 2.44. The normalized spacial score (nSPS) is 15.6. The number of carbonyl (C=O) groups excluding carboxylic acids is 3. The fraction of sp³-hybridized carbons (Fsp3) is 0.286. The number of allylic oxidation sites excluding steroid dienone is 1. The largest absolute Gasteiger partial charge is 0.466 e. The van der Waals surface area contributed by atoms with Crippen molar-refractivity contribution in [1.82, 2.24) is 5.32 Å². The molecule has 11 heteroatoms. The van der Waals surface area contributed by atoms with Crippen molar-refractivity contribution < 1.29 is 23.9 Å². The van der Waals surface area contributed by atoms with Gasteiger partial charge in [-0.15, -0.1) is 0 Å². The molecule has 1 atom stereocenters. The number of benzene rings is 2. The summed E-state index contributed by atoms with van der Waals surface area (Å²) in [6.07, 6.45) is 0. The SMILES string of the molecule is COC(=O)C1=C(C(=O)OC)N(c2c(Cl)cc(C(=O)CNC(C)(C)C)cc2Cl)C(N)=C(C#N)C1c1ccccc1. The molecule has 0 radical (unpaired) electrons. The Kier molecular flexibility index (Phi) is 9.07. The van der Waals surface area contributed by atoms with Crippen molar-refractivity contribution in [3.05, 3.63) is 86.3 Å². The van der Waals surface area contributed by atoms with Crippen LogP contribution in [0.1, 0.15) is 42.6 Å². The van der Waals surface area contributed by atoms with Crippen LogP contribution in [0.4, 0.5) is 5.69 Å². The van der Waals surface area contributed by atoms with E-state index >= 15 is 0 Å². The molecule has 1 unspecified atom stereocenters. The second kappa shape index (κ2) is 11.9. The molecule has 1 aliphatic rings. The Hall–Kier alpha value is -3.84. The number of nitrogens with one attached hydrogen (secondary N) is 1. The van der Waals surface area contributed by atoms with Crippen LogP contribution in [0.15, 0.2) is 65.1 Å². The van der Waals surface area contributed by atoms with E-state index in [1.165, 1.54) is 12.1 Å². The van der Waals surface area contributed by atoms with Gasteiger partial charge in [-0.3, -0.25) is 9.69 Å². The van der Waals surface area contributed by atoms with Crippen molar-refractivity contribution >= 4 is 46.6 Å². The summed E-state index contributed by atoms with van der Waals surface area (Å²) < 4.78 is 10.0. The molecule has 0 aliphatic carbocycles. The van der Waals surface area contributed by atoms with Crippen molar-refractivity contribution in [2.75, 3.05) is 25.7 Å². The van der Waals surface area contributed by atoms with Gasteiger partial charge in [0.15, 0.2) is 5.78 Å². The van der Waals surface area contributed by atoms with Crippen molar-refractivity contribution in [2.24, 2.45) is 5.73 Å². The van der Waals surface area contributed by atoms with Gasteiger partial charge in [-0.2, -0.15) is 5.26 Å². The van der Waals surface area contributed by atoms with E-state index < -0.39 is 17.9 Å². The van der Waals surface area contributed by atoms with Crippen LogP contribution in [0, 0.1) is 11.3 Å². The van der Waals surface area contributed by atoms with Gasteiger partial charge in [-0.05, 0) is 38.5 Å². The number of rotatable bonds is 7. The maximum absolute atomic E-state index is 13.2. The Bertz CT molecular complexity index is 1400. The molecule has 3 N–H and O–H groups in total. The molecule has 2 aromatic rings. The lowest BCUT2D eigenvalue weighted by atomic mass is 9.81. The summed E-state index contributed by atoms with van der Waals surface area (Å²) in [5.74, 6) is -3.35. The average molecular weight is 571 g/mol. The van der Waals surface area contributed by atoms with Gasteiger partial charge >= 0.3 is 11.9 Å². The van der Waals surface area contributed by atoms with Gasteiger partial charge in [-0.1, -0.05) is 53.5 Å². The Morgan fingerprint density at radius 3 is 2.10 bits per heavy atom. The third-order valence-electron chi connectivity index (χ3n) is 5.95. The van der Waals surface area contributed by atoms with E-state index in [9.17, 15) is 19.6 Å². The molecular formula is C28H28Cl2N4O5. The zero-order valence-electron chi connectivity index (χ0n) is 22.1. The van der Waals surface area contributed by atoms with Crippen LogP contribution in [0.5, 0.6) is 0 Å². The third-order valence-corrected chi connectivity index (χ3v) is 6.53. The zero-order valence-corrected chi connectivity index (χ0v) is 23.6. The number of carbonyl (C=O) groups is 3. The zero-order chi connectivity index (χ0) is 29.1. The molecule has 1 heterocycles. The Balaban J connectivity index is 2.30. The maximum atomic E-state index is 13.2. The number of nitrogens with two attached hydrogens (primary N) is 1. The predicted molar refractivity (Wildman–Crippen MR) is 148 cm³/mol. The van der Waals surface area contributed by atoms with Gasteiger partial charge in [0.25, 0.3) is 0 Å². The van der Waals surface area contributed by atoms with Crippen molar-refractivity contribution in [2.45, 2.75) is 32.2 Å². The number of hydrogen-bond donors (Lipinski definition) is 2. The molecule has 39 heavy (non-hydrogen) atoms. The summed E-state index contributed by atoms with van der Waals surface area (Å²) in [5.41, 5.74) is 6.35. The number of hydrogen-bond acceptors (Lipinski definition) is 9. The van der Waals surface area contributed by atoms with Crippen LogP contribution in [0.25, 0.3) is 0 Å². The molecule has 0 saturated heterocycles. The number of nitrogens with zero attached hydrogens (tertiary/aromatic N) is 2. The third kappa shape index (κ3) is 6.09. The van der Waals surface area contributed by atoms with E-state index in [2.05, 4.69) is 11.4 Å². The number of Topliss-reactive ketones (excluding diaryl/α,β-unsaturated/α-hetero) is 1. The number of nitriles is 1. The molecule has 3 rings (SSSR count). The standard InChI is InChI=1S/C28H28Cl2N4O5/c1-28(2,3)33-14-20(35)16-11-18(29)23(19(30)12-16)34-24(27(37)39-5)22(26(36)38-4)21(17(13-31)25(34)32)15-9-7-6-8-10-15/h6-12,21,33H,14,32H2,1-5H3. The fourth-order valence-electron chi connectivity index (χ4n) is 4.13. The molecule has 2 aromatic carbocycles. The van der Waals surface area contributed by atoms with Crippen molar-refractivity contribution in [3.8, 4) is 6.07 Å². The van der Waals surface area contributed by atoms with E-state index in [0.29, 0.717) is 5.56 Å². The molecule has 1 aliphatic heterocycles. The van der Waals surface area contributed by atoms with Gasteiger partial charge in [0, 0.05) is 11.1 Å². The summed E-state index contributed by atoms with van der Waals surface area (Å²) in [6.45, 7) is 5.79. The van der Waals surface area contributed by atoms with Crippen LogP contribution in [0.2, 0.25) is 10.0 Å². The number of ketones is 1. The lowest BCUT2D eigenvalue weighted by Crippen LogP contribution is -2.41. The van der Waals surface area contributed by atoms with Crippen molar-refractivity contribution in [3.63, 3.8) is 0 Å². The highest BCUT2D eigenvalue weighted by molar-refractivity contribution is 6.40. The number of halogens is 2. The van der Waals surface area contributed by atoms with E-state index in [1.807, 2.05) is 20.8 Å². The van der Waals surface area contributed by atoms with Gasteiger partial charge in [-0.25, -0.2) is 9.59 Å². The predicted octanol–water partition coefficient (Wildman–Crippen LogP) is 4.46. The van der Waals surface area contributed by atoms with E-state index in [1.54, 1.807) is 30.3 Å². The van der Waals surface area contributed by atoms with Gasteiger partial charge in [0.1, 0.15) is 11.5 Å². The summed E-state index contributed by atoms with van der Waals surface area (Å²) in [7, 11) is 2.28. The first-order valence-corrected chi connectivity index (χ1v) is 12.5. The molecule has 0 fully saturated rings. The molecule has 0 bridgehead atoms.